The summed E-state index contributed by atoms with van der Waals surface area (Å²) in [4.78, 5) is 35.8. The molecule has 2 rings (SSSR count). The first-order valence-electron chi connectivity index (χ1n) is 7.11. The van der Waals surface area contributed by atoms with E-state index in [1.165, 1.54) is 43.3 Å². The Balaban J connectivity index is 2.26. The summed E-state index contributed by atoms with van der Waals surface area (Å²) in [7, 11) is 2.71. The number of nitrogens with zero attached hydrogens (tertiary/aromatic N) is 2. The predicted molar refractivity (Wildman–Crippen MR) is 88.7 cm³/mol. The van der Waals surface area contributed by atoms with Gasteiger partial charge in [0.15, 0.2) is 0 Å². The molecule has 0 N–H and O–H groups in total. The first-order valence-corrected chi connectivity index (χ1v) is 7.49. The number of nitro benzene ring substituents is 1. The minimum absolute atomic E-state index is 0.0142. The van der Waals surface area contributed by atoms with Crippen LogP contribution in [0.25, 0.3) is 0 Å². The molecule has 0 spiro atoms. The van der Waals surface area contributed by atoms with Crippen LogP contribution in [-0.2, 0) is 11.3 Å². The standard InChI is InChI=1S/C16H15ClN2O6/c1-9-12(16(21)24-3)7-11(25-9)8-18(2)15(20)13-6-10(17)4-5-14(13)19(22)23/h4-7H,8H2,1-3H3. The van der Waals surface area contributed by atoms with E-state index >= 15 is 0 Å². The molecule has 1 amide bonds. The number of halogens is 1. The zero-order valence-corrected chi connectivity index (χ0v) is 14.5. The fraction of sp³-hybridized carbons (Fsp3) is 0.250. The zero-order valence-electron chi connectivity index (χ0n) is 13.7. The minimum atomic E-state index is -0.649. The SMILES string of the molecule is COC(=O)c1cc(CN(C)C(=O)c2cc(Cl)ccc2[N+](=O)[O-])oc1C. The van der Waals surface area contributed by atoms with Gasteiger partial charge in [0.25, 0.3) is 11.6 Å². The summed E-state index contributed by atoms with van der Waals surface area (Å²) in [5.74, 6) is -0.440. The Labute approximate surface area is 148 Å². The molecule has 0 saturated heterocycles. The van der Waals surface area contributed by atoms with Crippen LogP contribution in [0.5, 0.6) is 0 Å². The number of hydrogen-bond acceptors (Lipinski definition) is 6. The molecule has 0 saturated carbocycles. The van der Waals surface area contributed by atoms with Crippen LogP contribution in [0.15, 0.2) is 28.7 Å². The monoisotopic (exact) mass is 366 g/mol. The number of methoxy groups -OCH3 is 1. The van der Waals surface area contributed by atoms with Crippen LogP contribution >= 0.6 is 11.6 Å². The third kappa shape index (κ3) is 3.97. The molecule has 8 nitrogen and oxygen atoms in total. The molecule has 0 bridgehead atoms. The summed E-state index contributed by atoms with van der Waals surface area (Å²) in [6, 6.07) is 5.23. The van der Waals surface area contributed by atoms with Gasteiger partial charge in [-0.3, -0.25) is 14.9 Å². The number of carbonyl (C=O) groups is 2. The van der Waals surface area contributed by atoms with Crippen molar-refractivity contribution in [2.45, 2.75) is 13.5 Å². The van der Waals surface area contributed by atoms with E-state index in [2.05, 4.69) is 4.74 Å². The molecule has 0 unspecified atom stereocenters. The van der Waals surface area contributed by atoms with Gasteiger partial charge in [-0.1, -0.05) is 11.6 Å². The van der Waals surface area contributed by atoms with Crippen LogP contribution in [0.3, 0.4) is 0 Å². The topological polar surface area (TPSA) is 103 Å². The van der Waals surface area contributed by atoms with E-state index in [0.717, 1.165) is 0 Å². The molecule has 9 heteroatoms. The number of benzene rings is 1. The molecule has 1 aromatic carbocycles. The van der Waals surface area contributed by atoms with Crippen LogP contribution in [0.1, 0.15) is 32.2 Å². The molecule has 0 aliphatic heterocycles. The van der Waals surface area contributed by atoms with E-state index in [9.17, 15) is 19.7 Å². The third-order valence-electron chi connectivity index (χ3n) is 3.50. The Morgan fingerprint density at radius 2 is 2.00 bits per heavy atom. The molecule has 1 heterocycles. The lowest BCUT2D eigenvalue weighted by Gasteiger charge is -2.15. The Morgan fingerprint density at radius 3 is 2.60 bits per heavy atom. The Morgan fingerprint density at radius 1 is 1.32 bits per heavy atom. The average molecular weight is 367 g/mol. The average Bonchev–Trinajstić information content (AvgIpc) is 2.93. The number of carbonyl (C=O) groups excluding carboxylic acids is 2. The van der Waals surface area contributed by atoms with Crippen molar-refractivity contribution >= 4 is 29.2 Å². The van der Waals surface area contributed by atoms with Gasteiger partial charge in [0, 0.05) is 18.1 Å². The molecule has 0 radical (unpaired) electrons. The van der Waals surface area contributed by atoms with Gasteiger partial charge >= 0.3 is 5.97 Å². The van der Waals surface area contributed by atoms with Crippen molar-refractivity contribution in [1.82, 2.24) is 4.90 Å². The summed E-state index contributed by atoms with van der Waals surface area (Å²) >= 11 is 5.84. The summed E-state index contributed by atoms with van der Waals surface area (Å²) in [5, 5.41) is 11.3. The van der Waals surface area contributed by atoms with Gasteiger partial charge in [0.1, 0.15) is 22.6 Å². The largest absolute Gasteiger partial charge is 0.465 e. The van der Waals surface area contributed by atoms with Crippen LogP contribution in [0, 0.1) is 17.0 Å². The summed E-state index contributed by atoms with van der Waals surface area (Å²) in [6.07, 6.45) is 0. The second-order valence-corrected chi connectivity index (χ2v) is 5.69. The smallest absolute Gasteiger partial charge is 0.341 e. The van der Waals surface area contributed by atoms with Gasteiger partial charge in [-0.25, -0.2) is 4.79 Å². The summed E-state index contributed by atoms with van der Waals surface area (Å²) in [6.45, 7) is 1.61. The Kier molecular flexibility index (Phi) is 5.43. The van der Waals surface area contributed by atoms with Gasteiger partial charge < -0.3 is 14.1 Å². The van der Waals surface area contributed by atoms with E-state index in [1.807, 2.05) is 0 Å². The summed E-state index contributed by atoms with van der Waals surface area (Å²) < 4.78 is 10.1. The van der Waals surface area contributed by atoms with Crippen molar-refractivity contribution in [3.05, 3.63) is 62.0 Å². The molecule has 2 aromatic rings. The number of aryl methyl sites for hydroxylation is 1. The highest BCUT2D eigenvalue weighted by molar-refractivity contribution is 6.31. The zero-order chi connectivity index (χ0) is 18.7. The number of furan rings is 1. The van der Waals surface area contributed by atoms with Crippen molar-refractivity contribution in [2.75, 3.05) is 14.2 Å². The highest BCUT2D eigenvalue weighted by atomic mass is 35.5. The van der Waals surface area contributed by atoms with E-state index in [-0.39, 0.29) is 28.4 Å². The lowest BCUT2D eigenvalue weighted by atomic mass is 10.1. The Hall–Kier alpha value is -2.87. The first-order chi connectivity index (χ1) is 11.7. The number of ether oxygens (including phenoxy) is 1. The van der Waals surface area contributed by atoms with Gasteiger partial charge in [0.2, 0.25) is 0 Å². The van der Waals surface area contributed by atoms with E-state index in [4.69, 9.17) is 16.0 Å². The minimum Gasteiger partial charge on any atom is -0.465 e. The highest BCUT2D eigenvalue weighted by Crippen LogP contribution is 2.25. The van der Waals surface area contributed by atoms with Crippen molar-refractivity contribution in [1.29, 1.82) is 0 Å². The van der Waals surface area contributed by atoms with Crippen LogP contribution in [0.4, 0.5) is 5.69 Å². The van der Waals surface area contributed by atoms with Gasteiger partial charge in [-0.15, -0.1) is 0 Å². The number of rotatable bonds is 5. The third-order valence-corrected chi connectivity index (χ3v) is 3.73. The van der Waals surface area contributed by atoms with E-state index in [0.29, 0.717) is 11.5 Å². The van der Waals surface area contributed by atoms with E-state index < -0.39 is 16.8 Å². The van der Waals surface area contributed by atoms with Crippen LogP contribution in [0.2, 0.25) is 5.02 Å². The van der Waals surface area contributed by atoms with Crippen molar-refractivity contribution in [2.24, 2.45) is 0 Å². The molecule has 0 aliphatic carbocycles. The molecular formula is C16H15ClN2O6. The van der Waals surface area contributed by atoms with Crippen molar-refractivity contribution < 1.29 is 23.7 Å². The fourth-order valence-electron chi connectivity index (χ4n) is 2.28. The van der Waals surface area contributed by atoms with Crippen molar-refractivity contribution in [3.8, 4) is 0 Å². The molecule has 25 heavy (non-hydrogen) atoms. The van der Waals surface area contributed by atoms with E-state index in [1.54, 1.807) is 6.92 Å². The molecule has 1 aromatic heterocycles. The fourth-order valence-corrected chi connectivity index (χ4v) is 2.46. The van der Waals surface area contributed by atoms with Crippen molar-refractivity contribution in [3.63, 3.8) is 0 Å². The number of hydrogen-bond donors (Lipinski definition) is 0. The maximum atomic E-state index is 12.5. The number of esters is 1. The summed E-state index contributed by atoms with van der Waals surface area (Å²) in [5.41, 5.74) is -0.212. The molecule has 0 fully saturated rings. The second-order valence-electron chi connectivity index (χ2n) is 5.25. The van der Waals surface area contributed by atoms with Gasteiger partial charge in [-0.2, -0.15) is 0 Å². The predicted octanol–water partition coefficient (Wildman–Crippen LogP) is 3.21. The van der Waals surface area contributed by atoms with Gasteiger partial charge in [0.05, 0.1) is 18.6 Å². The molecule has 0 aliphatic rings. The molecule has 0 atom stereocenters. The van der Waals surface area contributed by atoms with Crippen LogP contribution < -0.4 is 0 Å². The first kappa shape index (κ1) is 18.5. The maximum absolute atomic E-state index is 12.5. The second kappa shape index (κ2) is 7.35. The molecular weight excluding hydrogens is 352 g/mol. The Bertz CT molecular complexity index is 845. The van der Waals surface area contributed by atoms with Crippen LogP contribution in [-0.4, -0.2) is 35.9 Å². The van der Waals surface area contributed by atoms with Gasteiger partial charge in [-0.05, 0) is 25.1 Å². The normalized spacial score (nSPS) is 10.4. The molecule has 132 valence electrons. The lowest BCUT2D eigenvalue weighted by Crippen LogP contribution is -2.26. The quantitative estimate of drug-likeness (QED) is 0.457. The number of nitro groups is 1. The maximum Gasteiger partial charge on any atom is 0.341 e. The number of amides is 1. The lowest BCUT2D eigenvalue weighted by molar-refractivity contribution is -0.385. The highest BCUT2D eigenvalue weighted by Gasteiger charge is 2.24.